The van der Waals surface area contributed by atoms with Crippen LogP contribution < -0.4 is 11.5 Å². The van der Waals surface area contributed by atoms with Gasteiger partial charge in [-0.1, -0.05) is 12.1 Å². The molecule has 0 aromatic heterocycles. The van der Waals surface area contributed by atoms with E-state index in [4.69, 9.17) is 11.5 Å². The van der Waals surface area contributed by atoms with Gasteiger partial charge in [0.05, 0.1) is 11.4 Å². The minimum Gasteiger partial charge on any atom is -0.397 e. The number of halogens is 2. The molecule has 0 aliphatic carbocycles. The summed E-state index contributed by atoms with van der Waals surface area (Å²) in [6.07, 6.45) is 0. The summed E-state index contributed by atoms with van der Waals surface area (Å²) >= 11 is 0. The highest BCUT2D eigenvalue weighted by Gasteiger charge is 2.10. The highest BCUT2D eigenvalue weighted by molar-refractivity contribution is 5.84. The van der Waals surface area contributed by atoms with Crippen LogP contribution in [0.25, 0.3) is 11.1 Å². The number of rotatable bonds is 1. The molecule has 0 saturated heterocycles. The molecule has 0 spiro atoms. The number of para-hydroxylation sites is 1. The number of hydrogen-bond acceptors (Lipinski definition) is 2. The van der Waals surface area contributed by atoms with Crippen molar-refractivity contribution in [2.75, 3.05) is 11.5 Å². The molecule has 2 aromatic carbocycles. The molecule has 0 radical (unpaired) electrons. The van der Waals surface area contributed by atoms with Gasteiger partial charge in [-0.05, 0) is 18.2 Å². The summed E-state index contributed by atoms with van der Waals surface area (Å²) in [5, 5.41) is 0. The first kappa shape index (κ1) is 10.4. The summed E-state index contributed by atoms with van der Waals surface area (Å²) in [6.45, 7) is 0. The summed E-state index contributed by atoms with van der Waals surface area (Å²) < 4.78 is 26.3. The molecule has 0 amide bonds. The quantitative estimate of drug-likeness (QED) is 0.726. The van der Waals surface area contributed by atoms with Crippen molar-refractivity contribution in [2.45, 2.75) is 0 Å². The molecule has 2 aromatic rings. The Morgan fingerprint density at radius 2 is 1.62 bits per heavy atom. The highest BCUT2D eigenvalue weighted by atomic mass is 19.1. The van der Waals surface area contributed by atoms with E-state index in [-0.39, 0.29) is 5.56 Å². The van der Waals surface area contributed by atoms with Crippen molar-refractivity contribution in [1.82, 2.24) is 0 Å². The van der Waals surface area contributed by atoms with Crippen LogP contribution in [-0.2, 0) is 0 Å². The van der Waals surface area contributed by atoms with Gasteiger partial charge in [-0.15, -0.1) is 0 Å². The molecule has 0 heterocycles. The molecule has 16 heavy (non-hydrogen) atoms. The van der Waals surface area contributed by atoms with Crippen LogP contribution in [0.15, 0.2) is 36.4 Å². The zero-order valence-corrected chi connectivity index (χ0v) is 8.37. The lowest BCUT2D eigenvalue weighted by atomic mass is 10.0. The first-order valence-electron chi connectivity index (χ1n) is 4.69. The number of nitrogen functional groups attached to an aromatic ring is 2. The average Bonchev–Trinajstić information content (AvgIpc) is 2.23. The van der Waals surface area contributed by atoms with Crippen molar-refractivity contribution in [2.24, 2.45) is 0 Å². The van der Waals surface area contributed by atoms with Gasteiger partial charge in [0.25, 0.3) is 0 Å². The van der Waals surface area contributed by atoms with Gasteiger partial charge in [-0.2, -0.15) is 0 Å². The van der Waals surface area contributed by atoms with E-state index in [1.54, 1.807) is 18.2 Å². The van der Waals surface area contributed by atoms with Gasteiger partial charge in [0.2, 0.25) is 0 Å². The Morgan fingerprint density at radius 1 is 0.875 bits per heavy atom. The third kappa shape index (κ3) is 1.69. The van der Waals surface area contributed by atoms with E-state index in [9.17, 15) is 8.78 Å². The fraction of sp³-hybridized carbons (Fsp3) is 0. The molecular formula is C12H10F2N2. The van der Waals surface area contributed by atoms with Crippen LogP contribution in [0.5, 0.6) is 0 Å². The van der Waals surface area contributed by atoms with E-state index < -0.39 is 11.6 Å². The largest absolute Gasteiger partial charge is 0.397 e. The normalized spacial score (nSPS) is 10.4. The Balaban J connectivity index is 2.63. The molecular weight excluding hydrogens is 210 g/mol. The molecule has 0 bridgehead atoms. The van der Waals surface area contributed by atoms with Crippen molar-refractivity contribution in [3.05, 3.63) is 48.0 Å². The lowest BCUT2D eigenvalue weighted by molar-refractivity contribution is 0.585. The van der Waals surface area contributed by atoms with E-state index in [1.165, 1.54) is 12.1 Å². The summed E-state index contributed by atoms with van der Waals surface area (Å²) in [5.74, 6) is -1.28. The number of benzene rings is 2. The lowest BCUT2D eigenvalue weighted by Gasteiger charge is -2.09. The van der Waals surface area contributed by atoms with Crippen LogP contribution in [0.2, 0.25) is 0 Å². The first-order valence-corrected chi connectivity index (χ1v) is 4.69. The topological polar surface area (TPSA) is 52.0 Å². The predicted molar refractivity (Wildman–Crippen MR) is 60.6 cm³/mol. The molecule has 0 fully saturated rings. The second kappa shape index (κ2) is 3.81. The standard InChI is InChI=1S/C12H10F2N2/c13-7-4-5-8(10(14)6-7)9-2-1-3-11(15)12(9)16/h1-6H,15-16H2. The number of hydrogen-bond donors (Lipinski definition) is 2. The van der Waals surface area contributed by atoms with Gasteiger partial charge < -0.3 is 11.5 Å². The molecule has 82 valence electrons. The van der Waals surface area contributed by atoms with Gasteiger partial charge in [-0.25, -0.2) is 8.78 Å². The molecule has 0 saturated carbocycles. The SMILES string of the molecule is Nc1cccc(-c2ccc(F)cc2F)c1N. The maximum atomic E-state index is 13.5. The predicted octanol–water partition coefficient (Wildman–Crippen LogP) is 2.80. The minimum absolute atomic E-state index is 0.242. The van der Waals surface area contributed by atoms with Crippen molar-refractivity contribution in [3.8, 4) is 11.1 Å². The van der Waals surface area contributed by atoms with Crippen molar-refractivity contribution in [3.63, 3.8) is 0 Å². The summed E-state index contributed by atoms with van der Waals surface area (Å²) in [4.78, 5) is 0. The Labute approximate surface area is 91.5 Å². The van der Waals surface area contributed by atoms with Crippen LogP contribution in [0.3, 0.4) is 0 Å². The molecule has 0 aliphatic rings. The van der Waals surface area contributed by atoms with Crippen molar-refractivity contribution < 1.29 is 8.78 Å². The first-order chi connectivity index (χ1) is 7.59. The summed E-state index contributed by atoms with van der Waals surface area (Å²) in [7, 11) is 0. The second-order valence-corrected chi connectivity index (χ2v) is 3.43. The van der Waals surface area contributed by atoms with Crippen molar-refractivity contribution >= 4 is 11.4 Å². The molecule has 0 atom stereocenters. The third-order valence-electron chi connectivity index (χ3n) is 2.36. The Bertz CT molecular complexity index is 539. The maximum Gasteiger partial charge on any atom is 0.134 e. The highest BCUT2D eigenvalue weighted by Crippen LogP contribution is 2.31. The maximum absolute atomic E-state index is 13.5. The molecule has 0 aliphatic heterocycles. The summed E-state index contributed by atoms with van der Waals surface area (Å²) in [5.41, 5.74) is 12.7. The van der Waals surface area contributed by atoms with Gasteiger partial charge in [-0.3, -0.25) is 0 Å². The van der Waals surface area contributed by atoms with E-state index in [2.05, 4.69) is 0 Å². The minimum atomic E-state index is -0.655. The van der Waals surface area contributed by atoms with Gasteiger partial charge in [0.15, 0.2) is 0 Å². The van der Waals surface area contributed by atoms with Crippen LogP contribution in [0.1, 0.15) is 0 Å². The fourth-order valence-corrected chi connectivity index (χ4v) is 1.53. The van der Waals surface area contributed by atoms with Crippen LogP contribution in [0.4, 0.5) is 20.2 Å². The Kier molecular flexibility index (Phi) is 2.48. The van der Waals surface area contributed by atoms with Crippen LogP contribution in [0, 0.1) is 11.6 Å². The monoisotopic (exact) mass is 220 g/mol. The zero-order valence-electron chi connectivity index (χ0n) is 8.37. The van der Waals surface area contributed by atoms with Gasteiger partial charge >= 0.3 is 0 Å². The molecule has 4 N–H and O–H groups in total. The average molecular weight is 220 g/mol. The Morgan fingerprint density at radius 3 is 2.31 bits per heavy atom. The van der Waals surface area contributed by atoms with Crippen LogP contribution >= 0.6 is 0 Å². The summed E-state index contributed by atoms with van der Waals surface area (Å²) in [6, 6.07) is 8.28. The molecule has 2 rings (SSSR count). The van der Waals surface area contributed by atoms with E-state index in [1.807, 2.05) is 0 Å². The second-order valence-electron chi connectivity index (χ2n) is 3.43. The fourth-order valence-electron chi connectivity index (χ4n) is 1.53. The zero-order chi connectivity index (χ0) is 11.7. The van der Waals surface area contributed by atoms with E-state index >= 15 is 0 Å². The molecule has 2 nitrogen and oxygen atoms in total. The van der Waals surface area contributed by atoms with E-state index in [0.717, 1.165) is 6.07 Å². The lowest BCUT2D eigenvalue weighted by Crippen LogP contribution is -1.98. The van der Waals surface area contributed by atoms with Gasteiger partial charge in [0.1, 0.15) is 11.6 Å². The smallest absolute Gasteiger partial charge is 0.134 e. The van der Waals surface area contributed by atoms with Crippen molar-refractivity contribution in [1.29, 1.82) is 0 Å². The third-order valence-corrected chi connectivity index (χ3v) is 2.36. The van der Waals surface area contributed by atoms with Gasteiger partial charge in [0, 0.05) is 17.2 Å². The number of nitrogens with two attached hydrogens (primary N) is 2. The van der Waals surface area contributed by atoms with Crippen LogP contribution in [-0.4, -0.2) is 0 Å². The molecule has 0 unspecified atom stereocenters. The molecule has 4 heteroatoms. The Hall–Kier alpha value is -2.10. The number of anilines is 2. The van der Waals surface area contributed by atoms with E-state index in [0.29, 0.717) is 16.9 Å².